The summed E-state index contributed by atoms with van der Waals surface area (Å²) in [6.07, 6.45) is 0. The van der Waals surface area contributed by atoms with Gasteiger partial charge in [0, 0.05) is 64.3 Å². The molecule has 1 N–H and O–H groups in total. The van der Waals surface area contributed by atoms with E-state index in [1.54, 1.807) is 6.07 Å². The van der Waals surface area contributed by atoms with Crippen molar-refractivity contribution < 1.29 is 18.0 Å². The van der Waals surface area contributed by atoms with E-state index in [-0.39, 0.29) is 12.4 Å². The highest BCUT2D eigenvalue weighted by molar-refractivity contribution is 7.88. The Morgan fingerprint density at radius 2 is 1.47 bits per heavy atom. The van der Waals surface area contributed by atoms with Crippen LogP contribution >= 0.6 is 0 Å². The van der Waals surface area contributed by atoms with Crippen LogP contribution < -0.4 is 9.80 Å². The molecule has 3 aromatic rings. The van der Waals surface area contributed by atoms with Crippen molar-refractivity contribution in [1.29, 1.82) is 0 Å². The summed E-state index contributed by atoms with van der Waals surface area (Å²) in [5, 5.41) is 22.6. The van der Waals surface area contributed by atoms with E-state index in [0.717, 1.165) is 43.2 Å². The number of aliphatic hydroxyl groups excluding tert-OH is 1. The monoisotopic (exact) mass is 487 g/mol. The summed E-state index contributed by atoms with van der Waals surface area (Å²) < 4.78 is 32.8. The molecule has 11 nitrogen and oxygen atoms in total. The van der Waals surface area contributed by atoms with Gasteiger partial charge in [0.25, 0.3) is 0 Å². The summed E-state index contributed by atoms with van der Waals surface area (Å²) in [5.74, 6) is 1.42. The van der Waals surface area contributed by atoms with Gasteiger partial charge in [0.15, 0.2) is 17.2 Å². The molecule has 12 heteroatoms. The average Bonchev–Trinajstić information content (AvgIpc) is 3.27. The fourth-order valence-corrected chi connectivity index (χ4v) is 5.96. The first-order valence-corrected chi connectivity index (χ1v) is 13.1. The van der Waals surface area contributed by atoms with E-state index in [1.807, 2.05) is 30.3 Å². The molecule has 0 atom stereocenters. The summed E-state index contributed by atoms with van der Waals surface area (Å²) in [5.41, 5.74) is 1.03. The molecule has 1 aromatic carbocycles. The largest absolute Gasteiger partial charge is 0.395 e. The van der Waals surface area contributed by atoms with Gasteiger partial charge in [-0.15, -0.1) is 10.2 Å². The van der Waals surface area contributed by atoms with Crippen LogP contribution in [-0.2, 0) is 15.8 Å². The van der Waals surface area contributed by atoms with E-state index >= 15 is 0 Å². The van der Waals surface area contributed by atoms with E-state index in [2.05, 4.69) is 30.1 Å². The lowest BCUT2D eigenvalue weighted by molar-refractivity contribution is 0.188. The Kier molecular flexibility index (Phi) is 6.63. The SMILES string of the molecule is O=S(=O)(Cc1noc2ccccc12)N1CCN(c2ccc(N3CCN(CCO)CC3)nn2)CC1. The number of aliphatic hydroxyl groups is 1. The molecule has 0 saturated carbocycles. The molecule has 0 bridgehead atoms. The molecule has 2 aromatic heterocycles. The van der Waals surface area contributed by atoms with Gasteiger partial charge in [0.2, 0.25) is 10.0 Å². The van der Waals surface area contributed by atoms with E-state index < -0.39 is 10.0 Å². The van der Waals surface area contributed by atoms with Crippen molar-refractivity contribution in [3.8, 4) is 0 Å². The normalized spacial score (nSPS) is 18.6. The van der Waals surface area contributed by atoms with Crippen LogP contribution in [0.15, 0.2) is 40.9 Å². The molecule has 2 aliphatic heterocycles. The van der Waals surface area contributed by atoms with E-state index in [9.17, 15) is 8.42 Å². The van der Waals surface area contributed by atoms with Crippen LogP contribution in [0.5, 0.6) is 0 Å². The second-order valence-electron chi connectivity index (χ2n) is 8.57. The minimum absolute atomic E-state index is 0.177. The van der Waals surface area contributed by atoms with Gasteiger partial charge in [0.05, 0.1) is 6.61 Å². The van der Waals surface area contributed by atoms with Gasteiger partial charge in [-0.05, 0) is 24.3 Å². The topological polar surface area (TPSA) is 119 Å². The van der Waals surface area contributed by atoms with E-state index in [1.165, 1.54) is 4.31 Å². The molecule has 0 amide bonds. The van der Waals surface area contributed by atoms with E-state index in [0.29, 0.717) is 44.0 Å². The zero-order valence-corrected chi connectivity index (χ0v) is 19.8. The molecular formula is C22H29N7O4S. The number of aromatic nitrogens is 3. The predicted octanol–water partition coefficient (Wildman–Crippen LogP) is 0.384. The number of piperazine rings is 2. The number of anilines is 2. The number of benzene rings is 1. The smallest absolute Gasteiger partial charge is 0.220 e. The van der Waals surface area contributed by atoms with Crippen molar-refractivity contribution in [2.24, 2.45) is 0 Å². The van der Waals surface area contributed by atoms with Crippen molar-refractivity contribution in [1.82, 2.24) is 24.6 Å². The average molecular weight is 488 g/mol. The first-order valence-electron chi connectivity index (χ1n) is 11.5. The van der Waals surface area contributed by atoms with Gasteiger partial charge in [-0.25, -0.2) is 8.42 Å². The maximum absolute atomic E-state index is 13.0. The van der Waals surface area contributed by atoms with Crippen LogP contribution in [0.3, 0.4) is 0 Å². The fourth-order valence-electron chi connectivity index (χ4n) is 4.50. The van der Waals surface area contributed by atoms with Crippen molar-refractivity contribution in [3.05, 3.63) is 42.1 Å². The highest BCUT2D eigenvalue weighted by Gasteiger charge is 2.29. The Hall–Kier alpha value is -2.80. The van der Waals surface area contributed by atoms with Crippen LogP contribution in [0.4, 0.5) is 11.6 Å². The fraction of sp³-hybridized carbons (Fsp3) is 0.500. The molecular weight excluding hydrogens is 458 g/mol. The number of β-amino-alcohol motifs (C(OH)–C–C–N with tert-alkyl or cyclic N) is 1. The van der Waals surface area contributed by atoms with Gasteiger partial charge < -0.3 is 19.4 Å². The number of fused-ring (bicyclic) bond motifs is 1. The second-order valence-corrected chi connectivity index (χ2v) is 10.5. The van der Waals surface area contributed by atoms with Crippen molar-refractivity contribution in [3.63, 3.8) is 0 Å². The number of nitrogens with zero attached hydrogens (tertiary/aromatic N) is 7. The molecule has 0 radical (unpaired) electrons. The first-order chi connectivity index (χ1) is 16.5. The standard InChI is InChI=1S/C22H29N7O4S/c30-16-15-26-7-9-27(10-8-26)21-5-6-22(24-23-21)28-11-13-29(14-12-28)34(31,32)17-19-18-3-1-2-4-20(18)33-25-19/h1-6,30H,7-17H2. The van der Waals surface area contributed by atoms with Gasteiger partial charge in [-0.1, -0.05) is 17.3 Å². The summed E-state index contributed by atoms with van der Waals surface area (Å²) >= 11 is 0. The Labute approximate surface area is 198 Å². The molecule has 34 heavy (non-hydrogen) atoms. The summed E-state index contributed by atoms with van der Waals surface area (Å²) in [6, 6.07) is 11.2. The lowest BCUT2D eigenvalue weighted by Crippen LogP contribution is -2.49. The highest BCUT2D eigenvalue weighted by Crippen LogP contribution is 2.23. The Balaban J connectivity index is 1.16. The molecule has 182 valence electrons. The summed E-state index contributed by atoms with van der Waals surface area (Å²) in [6.45, 7) is 6.24. The molecule has 0 spiro atoms. The molecule has 0 aliphatic carbocycles. The summed E-state index contributed by atoms with van der Waals surface area (Å²) in [4.78, 5) is 6.49. The van der Waals surface area contributed by atoms with Crippen molar-refractivity contribution in [2.45, 2.75) is 5.75 Å². The molecule has 4 heterocycles. The number of hydrogen-bond acceptors (Lipinski definition) is 10. The second kappa shape index (κ2) is 9.82. The maximum atomic E-state index is 13.0. The first kappa shape index (κ1) is 23.0. The minimum atomic E-state index is -3.51. The van der Waals surface area contributed by atoms with Gasteiger partial charge in [-0.2, -0.15) is 4.31 Å². The Morgan fingerprint density at radius 1 is 0.853 bits per heavy atom. The third kappa shape index (κ3) is 4.85. The van der Waals surface area contributed by atoms with Crippen LogP contribution in [-0.4, -0.2) is 104 Å². The number of para-hydroxylation sites is 1. The van der Waals surface area contributed by atoms with Crippen LogP contribution in [0, 0.1) is 0 Å². The maximum Gasteiger partial charge on any atom is 0.220 e. The van der Waals surface area contributed by atoms with Crippen LogP contribution in [0.1, 0.15) is 5.69 Å². The Morgan fingerprint density at radius 3 is 2.09 bits per heavy atom. The van der Waals surface area contributed by atoms with Crippen molar-refractivity contribution in [2.75, 3.05) is 75.3 Å². The van der Waals surface area contributed by atoms with Crippen LogP contribution in [0.2, 0.25) is 0 Å². The number of rotatable bonds is 7. The lowest BCUT2D eigenvalue weighted by atomic mass is 10.2. The van der Waals surface area contributed by atoms with Crippen molar-refractivity contribution >= 4 is 32.6 Å². The number of sulfonamides is 1. The third-order valence-electron chi connectivity index (χ3n) is 6.48. The van der Waals surface area contributed by atoms with Crippen LogP contribution in [0.25, 0.3) is 11.0 Å². The molecule has 2 fully saturated rings. The predicted molar refractivity (Wildman–Crippen MR) is 128 cm³/mol. The van der Waals surface area contributed by atoms with Gasteiger partial charge in [0.1, 0.15) is 11.4 Å². The minimum Gasteiger partial charge on any atom is -0.395 e. The molecule has 0 unspecified atom stereocenters. The zero-order chi connectivity index (χ0) is 23.5. The quantitative estimate of drug-likeness (QED) is 0.501. The zero-order valence-electron chi connectivity index (χ0n) is 19.0. The molecule has 5 rings (SSSR count). The molecule has 2 aliphatic rings. The number of hydrogen-bond donors (Lipinski definition) is 1. The third-order valence-corrected chi connectivity index (χ3v) is 8.27. The summed E-state index contributed by atoms with van der Waals surface area (Å²) in [7, 11) is -3.51. The Bertz CT molecular complexity index is 1200. The van der Waals surface area contributed by atoms with Gasteiger partial charge >= 0.3 is 0 Å². The lowest BCUT2D eigenvalue weighted by Gasteiger charge is -2.36. The van der Waals surface area contributed by atoms with Gasteiger partial charge in [-0.3, -0.25) is 4.90 Å². The highest BCUT2D eigenvalue weighted by atomic mass is 32.2. The molecule has 2 saturated heterocycles. The van der Waals surface area contributed by atoms with E-state index in [4.69, 9.17) is 9.63 Å².